The van der Waals surface area contributed by atoms with Gasteiger partial charge in [-0.25, -0.2) is 4.79 Å². The molecule has 0 atom stereocenters. The van der Waals surface area contributed by atoms with Gasteiger partial charge in [-0.3, -0.25) is 0 Å². The molecular weight excluding hydrogens is 118 g/mol. The Kier molecular flexibility index (Phi) is 0.976. The van der Waals surface area contributed by atoms with Crippen LogP contribution in [0.5, 0.6) is 0 Å². The Bertz CT molecular complexity index is 108. The van der Waals surface area contributed by atoms with E-state index in [0.717, 1.165) is 11.9 Å². The highest BCUT2D eigenvalue weighted by Crippen LogP contribution is 2.10. The molecule has 0 aromatic carbocycles. The number of hydrogen-bond donors (Lipinski definition) is 0. The molecule has 1 saturated heterocycles. The topological polar surface area (TPSA) is 46.4 Å². The molecule has 0 N–H and O–H groups in total. The number of carbonyl (C=O) groups is 1. The molecule has 0 amide bonds. The lowest BCUT2D eigenvalue weighted by Gasteiger charge is -1.64. The minimum Gasteiger partial charge on any atom is -0.243 e. The maximum atomic E-state index is 9.97. The van der Waals surface area contributed by atoms with Crippen LogP contribution in [0.15, 0.2) is 0 Å². The van der Waals surface area contributed by atoms with Gasteiger partial charge in [0.25, 0.3) is 11.9 Å². The SMILES string of the molecule is O=C1CS[N+](=O)O1. The summed E-state index contributed by atoms with van der Waals surface area (Å²) in [7, 11) is 0. The molecule has 7 heavy (non-hydrogen) atoms. The van der Waals surface area contributed by atoms with Gasteiger partial charge in [-0.2, -0.15) is 0 Å². The van der Waals surface area contributed by atoms with Gasteiger partial charge in [0.1, 0.15) is 0 Å². The summed E-state index contributed by atoms with van der Waals surface area (Å²) in [6.45, 7) is 0. The van der Waals surface area contributed by atoms with E-state index in [0.29, 0.717) is 0 Å². The van der Waals surface area contributed by atoms with Gasteiger partial charge in [0.15, 0.2) is 5.75 Å². The van der Waals surface area contributed by atoms with Gasteiger partial charge in [0.05, 0.1) is 4.91 Å². The van der Waals surface area contributed by atoms with Gasteiger partial charge in [0, 0.05) is 0 Å². The van der Waals surface area contributed by atoms with Crippen LogP contribution in [0.25, 0.3) is 0 Å². The maximum Gasteiger partial charge on any atom is 0.403 e. The average molecular weight is 120 g/mol. The molecule has 4 nitrogen and oxygen atoms in total. The number of hydrogen-bond acceptors (Lipinski definition) is 4. The van der Waals surface area contributed by atoms with E-state index in [9.17, 15) is 9.70 Å². The largest absolute Gasteiger partial charge is 0.403 e. The van der Waals surface area contributed by atoms with E-state index in [1.165, 1.54) is 0 Å². The Morgan fingerprint density at radius 2 is 2.57 bits per heavy atom. The van der Waals surface area contributed by atoms with Crippen molar-refractivity contribution in [2.24, 2.45) is 0 Å². The van der Waals surface area contributed by atoms with Crippen LogP contribution < -0.4 is 0 Å². The first-order valence-electron chi connectivity index (χ1n) is 1.60. The quantitative estimate of drug-likeness (QED) is 0.418. The van der Waals surface area contributed by atoms with Crippen LogP contribution in [0.1, 0.15) is 0 Å². The number of rotatable bonds is 0. The summed E-state index contributed by atoms with van der Waals surface area (Å²) in [5.74, 6) is -0.330. The summed E-state index contributed by atoms with van der Waals surface area (Å²) < 4.78 is 0.197. The van der Waals surface area contributed by atoms with Crippen LogP contribution in [0.3, 0.4) is 0 Å². The highest BCUT2D eigenvalue weighted by atomic mass is 32.2. The zero-order valence-corrected chi connectivity index (χ0v) is 4.10. The third kappa shape index (κ3) is 0.894. The molecule has 0 aromatic heterocycles. The van der Waals surface area contributed by atoms with Crippen molar-refractivity contribution in [3.8, 4) is 0 Å². The molecule has 0 aliphatic carbocycles. The van der Waals surface area contributed by atoms with Gasteiger partial charge in [0.2, 0.25) is 0 Å². The van der Waals surface area contributed by atoms with Crippen LogP contribution in [0.4, 0.5) is 0 Å². The molecule has 1 fully saturated rings. The van der Waals surface area contributed by atoms with Gasteiger partial charge < -0.3 is 0 Å². The fourth-order valence-electron chi connectivity index (χ4n) is 0.241. The molecule has 38 valence electrons. The standard InChI is InChI=1S/C2H2NO3S/c4-2-1-7-3(5)6-2/h1H2/q+1. The summed E-state index contributed by atoms with van der Waals surface area (Å²) in [6.07, 6.45) is 0. The van der Waals surface area contributed by atoms with E-state index in [1.54, 1.807) is 0 Å². The molecule has 0 saturated carbocycles. The lowest BCUT2D eigenvalue weighted by molar-refractivity contribution is -0.642. The van der Waals surface area contributed by atoms with Crippen LogP contribution in [0.2, 0.25) is 0 Å². The van der Waals surface area contributed by atoms with Crippen molar-refractivity contribution in [1.82, 2.24) is 0 Å². The Hall–Kier alpha value is -0.580. The molecule has 0 spiro atoms. The van der Waals surface area contributed by atoms with E-state index in [-0.39, 0.29) is 10.1 Å². The van der Waals surface area contributed by atoms with Gasteiger partial charge >= 0.3 is 10.3 Å². The second kappa shape index (κ2) is 1.49. The molecule has 0 aromatic rings. The van der Waals surface area contributed by atoms with Crippen molar-refractivity contribution in [2.75, 3.05) is 5.75 Å². The van der Waals surface area contributed by atoms with Crippen LogP contribution >= 0.6 is 11.9 Å². The molecule has 1 heterocycles. The monoisotopic (exact) mass is 120 g/mol. The lowest BCUT2D eigenvalue weighted by Crippen LogP contribution is -1.97. The fraction of sp³-hybridized carbons (Fsp3) is 0.500. The molecule has 1 aliphatic heterocycles. The van der Waals surface area contributed by atoms with Crippen molar-refractivity contribution in [3.05, 3.63) is 4.91 Å². The first-order chi connectivity index (χ1) is 3.29. The maximum absolute atomic E-state index is 9.97. The summed E-state index contributed by atoms with van der Waals surface area (Å²) in [4.78, 5) is 23.8. The Morgan fingerprint density at radius 3 is 2.71 bits per heavy atom. The van der Waals surface area contributed by atoms with Crippen molar-refractivity contribution in [3.63, 3.8) is 0 Å². The van der Waals surface area contributed by atoms with Crippen molar-refractivity contribution >= 4 is 17.9 Å². The molecule has 5 heteroatoms. The smallest absolute Gasteiger partial charge is 0.243 e. The summed E-state index contributed by atoms with van der Waals surface area (Å²) in [5.41, 5.74) is 0. The van der Waals surface area contributed by atoms with E-state index >= 15 is 0 Å². The predicted molar refractivity (Wildman–Crippen MR) is 22.2 cm³/mol. The van der Waals surface area contributed by atoms with E-state index < -0.39 is 5.97 Å². The van der Waals surface area contributed by atoms with E-state index in [4.69, 9.17) is 0 Å². The minimum atomic E-state index is -0.472. The Balaban J connectivity index is 2.55. The zero-order chi connectivity index (χ0) is 5.28. The van der Waals surface area contributed by atoms with Crippen molar-refractivity contribution in [1.29, 1.82) is 0 Å². The van der Waals surface area contributed by atoms with Crippen molar-refractivity contribution in [2.45, 2.75) is 0 Å². The minimum absolute atomic E-state index is 0.142. The molecule has 0 bridgehead atoms. The normalized spacial score (nSPS) is 20.0. The van der Waals surface area contributed by atoms with Crippen LogP contribution in [0, 0.1) is 4.91 Å². The third-order valence-corrected chi connectivity index (χ3v) is 1.11. The van der Waals surface area contributed by atoms with Crippen LogP contribution in [-0.4, -0.2) is 16.1 Å². The second-order valence-corrected chi connectivity index (χ2v) is 1.81. The lowest BCUT2D eigenvalue weighted by atomic mass is 10.8. The van der Waals surface area contributed by atoms with E-state index in [2.05, 4.69) is 4.84 Å². The van der Waals surface area contributed by atoms with Crippen molar-refractivity contribution < 1.29 is 14.0 Å². The highest BCUT2D eigenvalue weighted by Gasteiger charge is 2.31. The van der Waals surface area contributed by atoms with E-state index in [1.807, 2.05) is 0 Å². The highest BCUT2D eigenvalue weighted by molar-refractivity contribution is 7.94. The number of nitrogens with zero attached hydrogens (tertiary/aromatic N) is 1. The Labute approximate surface area is 43.5 Å². The molecular formula is C2H2NO3S+. The Morgan fingerprint density at radius 1 is 1.86 bits per heavy atom. The zero-order valence-electron chi connectivity index (χ0n) is 3.29. The summed E-state index contributed by atoms with van der Waals surface area (Å²) >= 11 is 0.811. The summed E-state index contributed by atoms with van der Waals surface area (Å²) in [6, 6.07) is 0. The van der Waals surface area contributed by atoms with Gasteiger partial charge in [-0.1, -0.05) is 0 Å². The van der Waals surface area contributed by atoms with Gasteiger partial charge in [-0.05, 0) is 0 Å². The molecule has 1 rings (SSSR count). The second-order valence-electron chi connectivity index (χ2n) is 0.960. The molecule has 0 unspecified atom stereocenters. The predicted octanol–water partition coefficient (Wildman–Crippen LogP) is -0.115. The fourth-order valence-corrected chi connectivity index (χ4v) is 0.641. The first-order valence-corrected chi connectivity index (χ1v) is 2.54. The number of carbonyl (C=O) groups excluding carboxylic acids is 1. The van der Waals surface area contributed by atoms with Crippen LogP contribution in [-0.2, 0) is 9.63 Å². The first kappa shape index (κ1) is 4.58. The average Bonchev–Trinajstić information content (AvgIpc) is 1.87. The third-order valence-electron chi connectivity index (χ3n) is 0.464. The summed E-state index contributed by atoms with van der Waals surface area (Å²) in [5, 5.41) is 0. The van der Waals surface area contributed by atoms with Gasteiger partial charge in [-0.15, -0.1) is 4.84 Å². The molecule has 0 radical (unpaired) electrons. The molecule has 1 aliphatic rings.